The number of ether oxygens (including phenoxy) is 5. The average Bonchev–Trinajstić information content (AvgIpc) is 3.39. The molecule has 0 saturated heterocycles. The van der Waals surface area contributed by atoms with Crippen LogP contribution in [0.25, 0.3) is 0 Å². The van der Waals surface area contributed by atoms with Crippen LogP contribution in [0.15, 0.2) is 12.1 Å². The molecule has 1 radical (unpaired) electrons. The minimum Gasteiger partial charge on any atom is -0.454 e. The van der Waals surface area contributed by atoms with Gasteiger partial charge in [-0.3, -0.25) is 0 Å². The van der Waals surface area contributed by atoms with Crippen molar-refractivity contribution >= 4 is 15.2 Å². The van der Waals surface area contributed by atoms with E-state index in [4.69, 9.17) is 23.7 Å². The molecule has 0 aromatic heterocycles. The molecule has 0 aliphatic carbocycles. The Morgan fingerprint density at radius 1 is 0.667 bits per heavy atom. The molecule has 2 atom stereocenters. The van der Waals surface area contributed by atoms with Gasteiger partial charge < -0.3 is 23.7 Å². The third-order valence-electron chi connectivity index (χ3n) is 7.10. The Balaban J connectivity index is 0.000000439. The van der Waals surface area contributed by atoms with Crippen molar-refractivity contribution in [3.8, 4) is 11.5 Å². The Hall–Kier alpha value is -0.768. The molecule has 0 spiro atoms. The molecule has 225 valence electrons. The summed E-state index contributed by atoms with van der Waals surface area (Å²) in [7, 11) is 0. The van der Waals surface area contributed by atoms with Crippen LogP contribution in [0, 0.1) is 11.8 Å². The summed E-state index contributed by atoms with van der Waals surface area (Å²) in [5.41, 5.74) is 2.44. The van der Waals surface area contributed by atoms with Gasteiger partial charge in [-0.25, -0.2) is 0 Å². The molecule has 1 aliphatic rings. The van der Waals surface area contributed by atoms with E-state index in [0.29, 0.717) is 39.8 Å². The van der Waals surface area contributed by atoms with Gasteiger partial charge in [0.25, 0.3) is 0 Å². The minimum atomic E-state index is 0.305. The zero-order valence-electron chi connectivity index (χ0n) is 26.4. The summed E-state index contributed by atoms with van der Waals surface area (Å²) in [6.45, 7) is 18.0. The van der Waals surface area contributed by atoms with E-state index in [-0.39, 0.29) is 0 Å². The summed E-state index contributed by atoms with van der Waals surface area (Å²) < 4.78 is 27.6. The molecule has 1 heterocycles. The summed E-state index contributed by atoms with van der Waals surface area (Å²) in [4.78, 5) is 0. The normalized spacial score (nSPS) is 13.6. The van der Waals surface area contributed by atoms with Crippen molar-refractivity contribution in [3.05, 3.63) is 23.3 Å². The van der Waals surface area contributed by atoms with Gasteiger partial charge in [-0.15, -0.1) is 10.6 Å². The van der Waals surface area contributed by atoms with E-state index in [9.17, 15) is 0 Å². The Bertz CT molecular complexity index is 685. The van der Waals surface area contributed by atoms with E-state index in [1.165, 1.54) is 60.2 Å². The lowest BCUT2D eigenvalue weighted by Crippen LogP contribution is -2.10. The van der Waals surface area contributed by atoms with Gasteiger partial charge in [0.2, 0.25) is 22.0 Å². The number of hydrogen-bond acceptors (Lipinski definition) is 5. The summed E-state index contributed by atoms with van der Waals surface area (Å²) >= 11 is 0.738. The molecule has 0 saturated carbocycles. The molecule has 0 bridgehead atoms. The fourth-order valence-corrected chi connectivity index (χ4v) is 6.34. The monoisotopic (exact) mass is 563 g/mol. The van der Waals surface area contributed by atoms with Crippen molar-refractivity contribution in [2.24, 2.45) is 11.8 Å². The van der Waals surface area contributed by atoms with Gasteiger partial charge in [-0.05, 0) is 36.1 Å². The second-order valence-corrected chi connectivity index (χ2v) is 12.6. The number of rotatable bonds is 23. The zero-order valence-corrected chi connectivity index (χ0v) is 27.5. The van der Waals surface area contributed by atoms with E-state index in [1.807, 2.05) is 6.07 Å². The van der Waals surface area contributed by atoms with Crippen LogP contribution in [0.3, 0.4) is 0 Å². The van der Waals surface area contributed by atoms with Crippen molar-refractivity contribution < 1.29 is 23.7 Å². The fourth-order valence-electron chi connectivity index (χ4n) is 4.54. The lowest BCUT2D eigenvalue weighted by Gasteiger charge is -2.12. The predicted molar refractivity (Wildman–Crippen MR) is 166 cm³/mol. The van der Waals surface area contributed by atoms with Crippen LogP contribution in [0.2, 0.25) is 10.6 Å². The van der Waals surface area contributed by atoms with Crippen molar-refractivity contribution in [2.75, 3.05) is 39.8 Å². The number of unbranched alkanes of at least 4 members (excludes halogenated alkanes) is 3. The summed E-state index contributed by atoms with van der Waals surface area (Å²) in [6, 6.07) is 4.12. The quantitative estimate of drug-likeness (QED) is 0.0983. The second kappa shape index (κ2) is 25.0. The van der Waals surface area contributed by atoms with Crippen LogP contribution in [0.4, 0.5) is 0 Å². The number of aryl methyl sites for hydroxylation is 1. The number of benzene rings is 1. The summed E-state index contributed by atoms with van der Waals surface area (Å²) in [5, 5.41) is 3.08. The maximum absolute atomic E-state index is 5.75. The molecule has 2 rings (SSSR count). The van der Waals surface area contributed by atoms with Crippen LogP contribution in [-0.4, -0.2) is 55.0 Å². The number of fused-ring (bicyclic) bond motifs is 1. The van der Waals surface area contributed by atoms with Crippen molar-refractivity contribution in [2.45, 2.75) is 123 Å². The van der Waals surface area contributed by atoms with E-state index in [1.54, 1.807) is 0 Å². The molecule has 1 aromatic rings. The molecule has 0 fully saturated rings. The Kier molecular flexibility index (Phi) is 23.2. The maximum Gasteiger partial charge on any atom is 0.231 e. The minimum absolute atomic E-state index is 0.305. The van der Waals surface area contributed by atoms with Crippen LogP contribution in [-0.2, 0) is 27.2 Å². The summed E-state index contributed by atoms with van der Waals surface area (Å²) in [5.74, 6) is 3.65. The lowest BCUT2D eigenvalue weighted by molar-refractivity contribution is 0.0101. The van der Waals surface area contributed by atoms with Crippen LogP contribution < -0.4 is 9.47 Å². The first kappa shape index (κ1) is 36.3. The first-order chi connectivity index (χ1) is 19.0. The Morgan fingerprint density at radius 3 is 1.72 bits per heavy atom. The molecule has 1 aliphatic heterocycles. The van der Waals surface area contributed by atoms with Crippen LogP contribution in [0.1, 0.15) is 110 Å². The number of hydrogen-bond donors (Lipinski definition) is 0. The van der Waals surface area contributed by atoms with E-state index in [0.717, 1.165) is 70.8 Å². The molecule has 0 amide bonds. The van der Waals surface area contributed by atoms with E-state index in [2.05, 4.69) is 47.6 Å². The molecule has 1 aromatic carbocycles. The third-order valence-corrected chi connectivity index (χ3v) is 9.37. The van der Waals surface area contributed by atoms with Gasteiger partial charge >= 0.3 is 0 Å². The molecular formula is C33H60AlO5. The van der Waals surface area contributed by atoms with Crippen LogP contribution in [0.5, 0.6) is 11.5 Å². The summed E-state index contributed by atoms with van der Waals surface area (Å²) in [6.07, 6.45) is 12.9. The highest BCUT2D eigenvalue weighted by atomic mass is 27.1. The molecule has 2 unspecified atom stereocenters. The van der Waals surface area contributed by atoms with Gasteiger partial charge in [0.15, 0.2) is 11.5 Å². The molecule has 39 heavy (non-hydrogen) atoms. The zero-order chi connectivity index (χ0) is 28.6. The smallest absolute Gasteiger partial charge is 0.231 e. The lowest BCUT2D eigenvalue weighted by atomic mass is 10.0. The molecule has 6 heteroatoms. The Morgan fingerprint density at radius 2 is 1.18 bits per heavy atom. The van der Waals surface area contributed by atoms with Crippen LogP contribution >= 0.6 is 0 Å². The van der Waals surface area contributed by atoms with Gasteiger partial charge in [0.1, 0.15) is 0 Å². The topological polar surface area (TPSA) is 46.2 Å². The van der Waals surface area contributed by atoms with Gasteiger partial charge in [-0.1, -0.05) is 105 Å². The highest BCUT2D eigenvalue weighted by molar-refractivity contribution is 6.35. The Labute approximate surface area is 247 Å². The molecular weight excluding hydrogens is 503 g/mol. The van der Waals surface area contributed by atoms with E-state index >= 15 is 0 Å². The van der Waals surface area contributed by atoms with E-state index < -0.39 is 0 Å². The van der Waals surface area contributed by atoms with Crippen molar-refractivity contribution in [1.29, 1.82) is 0 Å². The second-order valence-electron chi connectivity index (χ2n) is 11.1. The van der Waals surface area contributed by atoms with Gasteiger partial charge in [-0.2, -0.15) is 0 Å². The fraction of sp³-hybridized carbons (Fsp3) is 0.818. The first-order valence-electron chi connectivity index (χ1n) is 16.0. The predicted octanol–water partition coefficient (Wildman–Crippen LogP) is 8.90. The standard InChI is InChI=1S/C19H30O5.2C7H15.Al/c1-3-5-7-20-8-9-21-10-11-22-14-17-13-19-18(23-15-24-19)12-16(17)6-4-2;2*1-4-5-6-7(2)3;/h12-13H,3-11,14-15H2,1-2H3;2*7H,2,4-6H2,1,3H3;. The van der Waals surface area contributed by atoms with Crippen molar-refractivity contribution in [1.82, 2.24) is 0 Å². The molecule has 0 N–H and O–H groups in total. The van der Waals surface area contributed by atoms with Gasteiger partial charge in [0, 0.05) is 6.61 Å². The third kappa shape index (κ3) is 18.3. The first-order valence-corrected chi connectivity index (χ1v) is 17.6. The van der Waals surface area contributed by atoms with Gasteiger partial charge in [0.05, 0.1) is 33.0 Å². The molecule has 5 nitrogen and oxygen atoms in total. The SMILES string of the molecule is CCCCC(C)[CH2][Al][CH2]C(C)CCCC.CCCCOCCOCCOCc1cc2c(cc1CCC)OCO2. The largest absolute Gasteiger partial charge is 0.454 e. The van der Waals surface area contributed by atoms with Crippen molar-refractivity contribution in [3.63, 3.8) is 0 Å². The maximum atomic E-state index is 5.75. The highest BCUT2D eigenvalue weighted by Gasteiger charge is 2.17. The average molecular weight is 564 g/mol. The highest BCUT2D eigenvalue weighted by Crippen LogP contribution is 2.35.